The molecule has 23 heavy (non-hydrogen) atoms. The molecule has 0 radical (unpaired) electrons. The van der Waals surface area contributed by atoms with Gasteiger partial charge in [-0.1, -0.05) is 6.08 Å². The Morgan fingerprint density at radius 3 is 2.70 bits per heavy atom. The van der Waals surface area contributed by atoms with Crippen LogP contribution in [0, 0.1) is 0 Å². The first-order chi connectivity index (χ1) is 11.0. The molecule has 1 N–H and O–H groups in total. The summed E-state index contributed by atoms with van der Waals surface area (Å²) in [6.45, 7) is 10.8. The van der Waals surface area contributed by atoms with E-state index in [1.807, 2.05) is 12.1 Å². The van der Waals surface area contributed by atoms with Crippen LogP contribution in [-0.4, -0.2) is 54.6 Å². The normalized spacial score (nSPS) is 16.3. The Bertz CT molecular complexity index is 518. The van der Waals surface area contributed by atoms with E-state index >= 15 is 0 Å². The largest absolute Gasteiger partial charge is 0.357 e. The van der Waals surface area contributed by atoms with Crippen molar-refractivity contribution in [2.75, 3.05) is 31.6 Å². The fourth-order valence-electron chi connectivity index (χ4n) is 2.97. The third kappa shape index (κ3) is 4.55. The molecule has 2 rings (SSSR count). The minimum atomic E-state index is -0.114. The van der Waals surface area contributed by atoms with Gasteiger partial charge in [0.2, 0.25) is 0 Å². The van der Waals surface area contributed by atoms with E-state index in [1.54, 1.807) is 12.3 Å². The zero-order valence-corrected chi connectivity index (χ0v) is 14.5. The summed E-state index contributed by atoms with van der Waals surface area (Å²) in [5.74, 6) is 0.810. The van der Waals surface area contributed by atoms with Crippen LogP contribution in [0.25, 0.3) is 0 Å². The summed E-state index contributed by atoms with van der Waals surface area (Å²) in [7, 11) is 2.09. The Kier molecular flexibility index (Phi) is 6.16. The van der Waals surface area contributed by atoms with Crippen LogP contribution in [0.2, 0.25) is 0 Å². The number of hydrogen-bond acceptors (Lipinski definition) is 4. The third-order valence-electron chi connectivity index (χ3n) is 4.56. The molecule has 0 bridgehead atoms. The van der Waals surface area contributed by atoms with Crippen LogP contribution >= 0.6 is 0 Å². The van der Waals surface area contributed by atoms with Gasteiger partial charge in [0.15, 0.2) is 0 Å². The molecule has 5 nitrogen and oxygen atoms in total. The number of likely N-dealkylation sites (tertiary alicyclic amines) is 1. The van der Waals surface area contributed by atoms with Crippen molar-refractivity contribution < 1.29 is 4.79 Å². The van der Waals surface area contributed by atoms with Gasteiger partial charge < -0.3 is 15.1 Å². The molecule has 0 saturated carbocycles. The zero-order chi connectivity index (χ0) is 16.8. The van der Waals surface area contributed by atoms with Gasteiger partial charge >= 0.3 is 0 Å². The van der Waals surface area contributed by atoms with Gasteiger partial charge in [-0.25, -0.2) is 4.98 Å². The number of nitrogens with zero attached hydrogens (tertiary/aromatic N) is 3. The van der Waals surface area contributed by atoms with Crippen LogP contribution in [0.4, 0.5) is 5.82 Å². The van der Waals surface area contributed by atoms with Crippen molar-refractivity contribution in [2.24, 2.45) is 0 Å². The van der Waals surface area contributed by atoms with Crippen LogP contribution in [-0.2, 0) is 0 Å². The van der Waals surface area contributed by atoms with Gasteiger partial charge in [-0.05, 0) is 38.8 Å². The van der Waals surface area contributed by atoms with Gasteiger partial charge in [-0.15, -0.1) is 6.58 Å². The van der Waals surface area contributed by atoms with E-state index in [-0.39, 0.29) is 5.91 Å². The molecular formula is C18H28N4O. The fourth-order valence-corrected chi connectivity index (χ4v) is 2.97. The van der Waals surface area contributed by atoms with Crippen molar-refractivity contribution in [3.63, 3.8) is 0 Å². The molecule has 2 heterocycles. The number of piperidine rings is 1. The van der Waals surface area contributed by atoms with Crippen LogP contribution in [0.15, 0.2) is 31.0 Å². The Hall–Kier alpha value is -1.88. The molecule has 1 aliphatic heterocycles. The van der Waals surface area contributed by atoms with Gasteiger partial charge in [0.05, 0.1) is 5.56 Å². The van der Waals surface area contributed by atoms with Gasteiger partial charge in [0, 0.05) is 45.0 Å². The molecule has 1 amide bonds. The Morgan fingerprint density at radius 1 is 1.48 bits per heavy atom. The summed E-state index contributed by atoms with van der Waals surface area (Å²) in [5.41, 5.74) is 0.582. The molecule has 1 aromatic heterocycles. The van der Waals surface area contributed by atoms with Gasteiger partial charge in [-0.3, -0.25) is 4.79 Å². The highest BCUT2D eigenvalue weighted by Crippen LogP contribution is 2.21. The molecule has 0 aliphatic carbocycles. The van der Waals surface area contributed by atoms with E-state index in [2.05, 4.69) is 47.6 Å². The molecule has 5 heteroatoms. The minimum absolute atomic E-state index is 0.114. The van der Waals surface area contributed by atoms with Gasteiger partial charge in [-0.2, -0.15) is 0 Å². The minimum Gasteiger partial charge on any atom is -0.357 e. The van der Waals surface area contributed by atoms with Crippen LogP contribution in [0.1, 0.15) is 37.0 Å². The van der Waals surface area contributed by atoms with Crippen molar-refractivity contribution in [3.8, 4) is 0 Å². The Balaban J connectivity index is 1.94. The summed E-state index contributed by atoms with van der Waals surface area (Å²) in [6, 6.07) is 4.89. The number of anilines is 1. The second-order valence-corrected chi connectivity index (χ2v) is 6.38. The zero-order valence-electron chi connectivity index (χ0n) is 14.5. The van der Waals surface area contributed by atoms with Crippen molar-refractivity contribution in [2.45, 2.75) is 38.8 Å². The molecule has 1 fully saturated rings. The van der Waals surface area contributed by atoms with Crippen molar-refractivity contribution >= 4 is 11.7 Å². The monoisotopic (exact) mass is 316 g/mol. The quantitative estimate of drug-likeness (QED) is 0.818. The van der Waals surface area contributed by atoms with Gasteiger partial charge in [0.25, 0.3) is 5.91 Å². The van der Waals surface area contributed by atoms with Crippen molar-refractivity contribution in [1.82, 2.24) is 15.2 Å². The smallest absolute Gasteiger partial charge is 0.253 e. The maximum atomic E-state index is 11.9. The van der Waals surface area contributed by atoms with E-state index < -0.39 is 0 Å². The number of pyridine rings is 1. The summed E-state index contributed by atoms with van der Waals surface area (Å²) in [5, 5.41) is 2.76. The SMILES string of the molecule is C=CCNC(=O)c1ccc(N(C)C2CCN(C(C)C)CC2)nc1. The second kappa shape index (κ2) is 8.11. The first-order valence-electron chi connectivity index (χ1n) is 8.35. The lowest BCUT2D eigenvalue weighted by Gasteiger charge is -2.39. The lowest BCUT2D eigenvalue weighted by molar-refractivity contribution is 0.0957. The molecule has 1 aliphatic rings. The summed E-state index contributed by atoms with van der Waals surface area (Å²) >= 11 is 0. The number of amides is 1. The highest BCUT2D eigenvalue weighted by Gasteiger charge is 2.24. The Labute approximate surface area is 139 Å². The third-order valence-corrected chi connectivity index (χ3v) is 4.56. The maximum absolute atomic E-state index is 11.9. The van der Waals surface area contributed by atoms with E-state index in [9.17, 15) is 4.79 Å². The number of rotatable bonds is 6. The number of nitrogens with one attached hydrogen (secondary N) is 1. The molecule has 0 spiro atoms. The predicted molar refractivity (Wildman–Crippen MR) is 94.9 cm³/mol. The maximum Gasteiger partial charge on any atom is 0.253 e. The van der Waals surface area contributed by atoms with Crippen molar-refractivity contribution in [3.05, 3.63) is 36.5 Å². The van der Waals surface area contributed by atoms with Crippen LogP contribution in [0.5, 0.6) is 0 Å². The molecular weight excluding hydrogens is 288 g/mol. The van der Waals surface area contributed by atoms with Crippen LogP contribution < -0.4 is 10.2 Å². The van der Waals surface area contributed by atoms with E-state index in [0.717, 1.165) is 31.7 Å². The second-order valence-electron chi connectivity index (χ2n) is 6.38. The van der Waals surface area contributed by atoms with E-state index in [1.165, 1.54) is 0 Å². The van der Waals surface area contributed by atoms with E-state index in [0.29, 0.717) is 24.2 Å². The topological polar surface area (TPSA) is 48.5 Å². The highest BCUT2D eigenvalue weighted by molar-refractivity contribution is 5.94. The molecule has 0 atom stereocenters. The summed E-state index contributed by atoms with van der Waals surface area (Å²) < 4.78 is 0. The molecule has 0 unspecified atom stereocenters. The first-order valence-corrected chi connectivity index (χ1v) is 8.35. The standard InChI is InChI=1S/C18H28N4O/c1-5-10-19-18(23)15-6-7-17(20-13-15)21(4)16-8-11-22(12-9-16)14(2)3/h5-7,13-14,16H,1,8-12H2,2-4H3,(H,19,23). The molecule has 1 saturated heterocycles. The lowest BCUT2D eigenvalue weighted by Crippen LogP contribution is -2.45. The highest BCUT2D eigenvalue weighted by atomic mass is 16.1. The number of aromatic nitrogens is 1. The average molecular weight is 316 g/mol. The molecule has 1 aromatic rings. The number of carbonyl (C=O) groups is 1. The lowest BCUT2D eigenvalue weighted by atomic mass is 10.0. The molecule has 126 valence electrons. The molecule has 0 aromatic carbocycles. The Morgan fingerprint density at radius 2 is 2.17 bits per heavy atom. The van der Waals surface area contributed by atoms with Gasteiger partial charge in [0.1, 0.15) is 5.82 Å². The fraction of sp³-hybridized carbons (Fsp3) is 0.556. The van der Waals surface area contributed by atoms with E-state index in [4.69, 9.17) is 0 Å². The predicted octanol–water partition coefficient (Wildman–Crippen LogP) is 2.31. The number of hydrogen-bond donors (Lipinski definition) is 1. The average Bonchev–Trinajstić information content (AvgIpc) is 2.59. The summed E-state index contributed by atoms with van der Waals surface area (Å²) in [6.07, 6.45) is 5.61. The number of carbonyl (C=O) groups excluding carboxylic acids is 1. The summed E-state index contributed by atoms with van der Waals surface area (Å²) in [4.78, 5) is 21.1. The van der Waals surface area contributed by atoms with Crippen LogP contribution in [0.3, 0.4) is 0 Å². The van der Waals surface area contributed by atoms with Crippen molar-refractivity contribution in [1.29, 1.82) is 0 Å². The first kappa shape index (κ1) is 17.5.